The minimum absolute atomic E-state index is 0.194. The second kappa shape index (κ2) is 6.82. The number of amides is 1. The average molecular weight is 375 g/mol. The van der Waals surface area contributed by atoms with Gasteiger partial charge in [-0.15, -0.1) is 0 Å². The molecule has 132 valence electrons. The maximum Gasteiger partial charge on any atom is 0.275 e. The molecule has 1 amide bonds. The molecule has 0 fully saturated rings. The lowest BCUT2D eigenvalue weighted by molar-refractivity contribution is -0.110. The van der Waals surface area contributed by atoms with E-state index in [1.54, 1.807) is 42.5 Å². The Morgan fingerprint density at radius 3 is 2.56 bits per heavy atom. The lowest BCUT2D eigenvalue weighted by Crippen LogP contribution is -2.14. The number of ketones is 1. The van der Waals surface area contributed by atoms with Crippen molar-refractivity contribution in [1.29, 1.82) is 0 Å². The second-order valence-corrected chi connectivity index (χ2v) is 6.76. The summed E-state index contributed by atoms with van der Waals surface area (Å²) in [5.74, 6) is -0.482. The van der Waals surface area contributed by atoms with Crippen LogP contribution in [0, 0.1) is 6.92 Å². The van der Waals surface area contributed by atoms with Gasteiger partial charge in [-0.3, -0.25) is 9.59 Å². The number of halogens is 1. The minimum Gasteiger partial charge on any atom is -0.320 e. The van der Waals surface area contributed by atoms with E-state index in [2.05, 4.69) is 10.3 Å². The van der Waals surface area contributed by atoms with Gasteiger partial charge in [0, 0.05) is 21.7 Å². The highest BCUT2D eigenvalue weighted by molar-refractivity contribution is 6.54. The van der Waals surface area contributed by atoms with Crippen molar-refractivity contribution >= 4 is 40.4 Å². The third kappa shape index (κ3) is 3.27. The zero-order valence-corrected chi connectivity index (χ0v) is 15.2. The van der Waals surface area contributed by atoms with Crippen molar-refractivity contribution < 1.29 is 9.59 Å². The topological polar surface area (TPSA) is 58.5 Å². The Morgan fingerprint density at radius 2 is 1.78 bits per heavy atom. The lowest BCUT2D eigenvalue weighted by atomic mass is 10.0. The monoisotopic (exact) mass is 374 g/mol. The normalized spacial score (nSPS) is 14.1. The molecule has 0 radical (unpaired) electrons. The Labute approximate surface area is 161 Å². The minimum atomic E-state index is -0.288. The third-order valence-electron chi connectivity index (χ3n) is 4.36. The Balaban J connectivity index is 1.85. The van der Waals surface area contributed by atoms with Crippen LogP contribution in [0.5, 0.6) is 0 Å². The summed E-state index contributed by atoms with van der Waals surface area (Å²) >= 11 is 6.12. The number of fused-ring (bicyclic) bond motifs is 1. The van der Waals surface area contributed by atoms with E-state index >= 15 is 0 Å². The van der Waals surface area contributed by atoms with E-state index in [0.29, 0.717) is 27.5 Å². The molecular weight excluding hydrogens is 360 g/mol. The SMILES string of the molecule is Cc1ccc2c(c1)C(=Nc1ccc(Cl)cc1C(=O)c1ccccc1)C(=O)N2. The summed E-state index contributed by atoms with van der Waals surface area (Å²) < 4.78 is 0. The largest absolute Gasteiger partial charge is 0.320 e. The molecule has 0 aliphatic carbocycles. The van der Waals surface area contributed by atoms with E-state index in [9.17, 15) is 9.59 Å². The van der Waals surface area contributed by atoms with E-state index in [-0.39, 0.29) is 17.4 Å². The first kappa shape index (κ1) is 17.2. The fraction of sp³-hybridized carbons (Fsp3) is 0.0455. The van der Waals surface area contributed by atoms with Gasteiger partial charge in [0.25, 0.3) is 5.91 Å². The van der Waals surface area contributed by atoms with Gasteiger partial charge in [-0.05, 0) is 37.3 Å². The van der Waals surface area contributed by atoms with Gasteiger partial charge < -0.3 is 5.32 Å². The summed E-state index contributed by atoms with van der Waals surface area (Å²) in [6.07, 6.45) is 0. The molecule has 4 rings (SSSR count). The number of carbonyl (C=O) groups excluding carboxylic acids is 2. The Bertz CT molecular complexity index is 1100. The number of benzene rings is 3. The maximum absolute atomic E-state index is 12.9. The smallest absolute Gasteiger partial charge is 0.275 e. The van der Waals surface area contributed by atoms with Crippen molar-refractivity contribution in [2.45, 2.75) is 6.92 Å². The number of nitrogens with zero attached hydrogens (tertiary/aromatic N) is 1. The summed E-state index contributed by atoms with van der Waals surface area (Å²) in [6.45, 7) is 1.95. The number of aryl methyl sites for hydroxylation is 1. The molecule has 27 heavy (non-hydrogen) atoms. The van der Waals surface area contributed by atoms with E-state index in [4.69, 9.17) is 11.6 Å². The number of anilines is 1. The standard InChI is InChI=1S/C22H15ClN2O2/c1-13-7-9-18-16(11-13)20(22(27)25-18)24-19-10-8-15(23)12-17(19)21(26)14-5-3-2-4-6-14/h2-12H,1H3,(H,24,25,27). The molecule has 1 aliphatic rings. The number of nitrogens with one attached hydrogen (secondary N) is 1. The first-order chi connectivity index (χ1) is 13.0. The summed E-state index contributed by atoms with van der Waals surface area (Å²) in [7, 11) is 0. The highest BCUT2D eigenvalue weighted by Crippen LogP contribution is 2.30. The molecule has 5 heteroatoms. The number of rotatable bonds is 3. The molecule has 3 aromatic rings. The van der Waals surface area contributed by atoms with Gasteiger partial charge in [0.1, 0.15) is 5.71 Å². The average Bonchev–Trinajstić information content (AvgIpc) is 2.98. The molecular formula is C22H15ClN2O2. The Hall–Kier alpha value is -3.24. The summed E-state index contributed by atoms with van der Waals surface area (Å²) in [5, 5.41) is 3.24. The maximum atomic E-state index is 12.9. The molecule has 4 nitrogen and oxygen atoms in total. The number of aliphatic imine (C=N–C) groups is 1. The highest BCUT2D eigenvalue weighted by Gasteiger charge is 2.26. The van der Waals surface area contributed by atoms with Crippen LogP contribution in [-0.2, 0) is 4.79 Å². The van der Waals surface area contributed by atoms with Gasteiger partial charge in [0.15, 0.2) is 5.78 Å². The van der Waals surface area contributed by atoms with Crippen LogP contribution < -0.4 is 5.32 Å². The van der Waals surface area contributed by atoms with Crippen molar-refractivity contribution in [2.24, 2.45) is 4.99 Å². The zero-order valence-electron chi connectivity index (χ0n) is 14.5. The Kier molecular flexibility index (Phi) is 4.34. The molecule has 0 saturated heterocycles. The third-order valence-corrected chi connectivity index (χ3v) is 4.60. The van der Waals surface area contributed by atoms with E-state index < -0.39 is 0 Å². The molecule has 1 aliphatic heterocycles. The Morgan fingerprint density at radius 1 is 1.00 bits per heavy atom. The number of carbonyl (C=O) groups is 2. The van der Waals surface area contributed by atoms with E-state index in [0.717, 1.165) is 11.1 Å². The predicted molar refractivity (Wildman–Crippen MR) is 107 cm³/mol. The van der Waals surface area contributed by atoms with Gasteiger partial charge in [-0.25, -0.2) is 4.99 Å². The highest BCUT2D eigenvalue weighted by atomic mass is 35.5. The van der Waals surface area contributed by atoms with E-state index in [1.165, 1.54) is 0 Å². The number of hydrogen-bond acceptors (Lipinski definition) is 3. The van der Waals surface area contributed by atoms with Crippen LogP contribution in [-0.4, -0.2) is 17.4 Å². The van der Waals surface area contributed by atoms with Gasteiger partial charge >= 0.3 is 0 Å². The summed E-state index contributed by atoms with van der Waals surface area (Å²) in [5.41, 5.74) is 4.06. The molecule has 3 aromatic carbocycles. The van der Waals surface area contributed by atoms with Gasteiger partial charge in [-0.1, -0.05) is 53.6 Å². The lowest BCUT2D eigenvalue weighted by Gasteiger charge is -2.07. The number of hydrogen-bond donors (Lipinski definition) is 1. The molecule has 0 bridgehead atoms. The zero-order chi connectivity index (χ0) is 19.0. The first-order valence-electron chi connectivity index (χ1n) is 8.43. The molecule has 1 N–H and O–H groups in total. The van der Waals surface area contributed by atoms with Crippen LogP contribution >= 0.6 is 11.6 Å². The van der Waals surface area contributed by atoms with Crippen molar-refractivity contribution in [3.8, 4) is 0 Å². The quantitative estimate of drug-likeness (QED) is 0.659. The first-order valence-corrected chi connectivity index (χ1v) is 8.81. The van der Waals surface area contributed by atoms with Crippen LogP contribution in [0.15, 0.2) is 71.7 Å². The second-order valence-electron chi connectivity index (χ2n) is 6.32. The van der Waals surface area contributed by atoms with Crippen LogP contribution in [0.2, 0.25) is 5.02 Å². The van der Waals surface area contributed by atoms with Crippen LogP contribution in [0.25, 0.3) is 0 Å². The van der Waals surface area contributed by atoms with Crippen molar-refractivity contribution in [2.75, 3.05) is 5.32 Å². The van der Waals surface area contributed by atoms with Gasteiger partial charge in [0.2, 0.25) is 0 Å². The van der Waals surface area contributed by atoms with Crippen molar-refractivity contribution in [1.82, 2.24) is 0 Å². The molecule has 0 spiro atoms. The molecule has 1 heterocycles. The summed E-state index contributed by atoms with van der Waals surface area (Å²) in [4.78, 5) is 29.9. The fourth-order valence-corrected chi connectivity index (χ4v) is 3.20. The molecule has 0 saturated carbocycles. The van der Waals surface area contributed by atoms with Crippen molar-refractivity contribution in [3.63, 3.8) is 0 Å². The van der Waals surface area contributed by atoms with Crippen molar-refractivity contribution in [3.05, 3.63) is 94.0 Å². The van der Waals surface area contributed by atoms with Gasteiger partial charge in [-0.2, -0.15) is 0 Å². The van der Waals surface area contributed by atoms with Crippen LogP contribution in [0.1, 0.15) is 27.0 Å². The molecule has 0 atom stereocenters. The predicted octanol–water partition coefficient (Wildman–Crippen LogP) is 4.95. The fourth-order valence-electron chi connectivity index (χ4n) is 3.03. The van der Waals surface area contributed by atoms with Crippen LogP contribution in [0.4, 0.5) is 11.4 Å². The summed E-state index contributed by atoms with van der Waals surface area (Å²) in [6, 6.07) is 19.5. The van der Waals surface area contributed by atoms with Crippen LogP contribution in [0.3, 0.4) is 0 Å². The molecule has 0 aromatic heterocycles. The van der Waals surface area contributed by atoms with E-state index in [1.807, 2.05) is 31.2 Å². The molecule has 0 unspecified atom stereocenters. The van der Waals surface area contributed by atoms with Gasteiger partial charge in [0.05, 0.1) is 11.4 Å².